The van der Waals surface area contributed by atoms with Crippen LogP contribution in [0.4, 0.5) is 13.2 Å². The van der Waals surface area contributed by atoms with E-state index >= 15 is 0 Å². The Labute approximate surface area is 158 Å². The Bertz CT molecular complexity index is 693. The third-order valence-electron chi connectivity index (χ3n) is 4.13. The molecule has 2 amide bonds. The normalized spacial score (nSPS) is 19.8. The SMILES string of the molecule is O=C(O)C(F)(F)F.O=C1CC(C(=O)N2CCCCO2)CN1Cc1ccccn1. The van der Waals surface area contributed by atoms with Crippen LogP contribution in [0.2, 0.25) is 0 Å². The van der Waals surface area contributed by atoms with E-state index in [2.05, 4.69) is 4.98 Å². The van der Waals surface area contributed by atoms with Gasteiger partial charge in [-0.1, -0.05) is 6.07 Å². The number of amides is 2. The van der Waals surface area contributed by atoms with Crippen molar-refractivity contribution >= 4 is 17.8 Å². The van der Waals surface area contributed by atoms with Gasteiger partial charge in [-0.2, -0.15) is 13.2 Å². The van der Waals surface area contributed by atoms with Crippen molar-refractivity contribution in [3.63, 3.8) is 0 Å². The van der Waals surface area contributed by atoms with Gasteiger partial charge in [-0.25, -0.2) is 9.86 Å². The predicted molar refractivity (Wildman–Crippen MR) is 88.4 cm³/mol. The van der Waals surface area contributed by atoms with E-state index in [0.717, 1.165) is 18.5 Å². The Morgan fingerprint density at radius 3 is 2.54 bits per heavy atom. The Morgan fingerprint density at radius 1 is 1.29 bits per heavy atom. The molecule has 0 aromatic carbocycles. The number of carboxylic acid groups (broad SMARTS) is 1. The molecule has 1 unspecified atom stereocenters. The average molecular weight is 403 g/mol. The summed E-state index contributed by atoms with van der Waals surface area (Å²) >= 11 is 0. The highest BCUT2D eigenvalue weighted by molar-refractivity contribution is 5.88. The topological polar surface area (TPSA) is 100 Å². The highest BCUT2D eigenvalue weighted by Crippen LogP contribution is 2.23. The Hall–Kier alpha value is -2.69. The quantitative estimate of drug-likeness (QED) is 0.823. The van der Waals surface area contributed by atoms with Gasteiger partial charge in [0.05, 0.1) is 24.8 Å². The Kier molecular flexibility index (Phi) is 7.32. The van der Waals surface area contributed by atoms with Crippen molar-refractivity contribution in [2.45, 2.75) is 32.0 Å². The van der Waals surface area contributed by atoms with Gasteiger partial charge in [-0.05, 0) is 25.0 Å². The number of aromatic nitrogens is 1. The number of aliphatic carboxylic acids is 1. The zero-order chi connectivity index (χ0) is 20.7. The summed E-state index contributed by atoms with van der Waals surface area (Å²) in [7, 11) is 0. The molecule has 1 aromatic heterocycles. The van der Waals surface area contributed by atoms with Crippen molar-refractivity contribution in [3.05, 3.63) is 30.1 Å². The smallest absolute Gasteiger partial charge is 0.475 e. The maximum atomic E-state index is 12.4. The summed E-state index contributed by atoms with van der Waals surface area (Å²) in [6.07, 6.45) is -1.16. The van der Waals surface area contributed by atoms with Gasteiger partial charge in [-0.15, -0.1) is 0 Å². The minimum Gasteiger partial charge on any atom is -0.475 e. The minimum absolute atomic E-state index is 0.0102. The van der Waals surface area contributed by atoms with E-state index in [0.29, 0.717) is 26.2 Å². The van der Waals surface area contributed by atoms with Crippen molar-refractivity contribution < 1.29 is 37.5 Å². The highest BCUT2D eigenvalue weighted by Gasteiger charge is 2.38. The second-order valence-electron chi connectivity index (χ2n) is 6.28. The van der Waals surface area contributed by atoms with Crippen molar-refractivity contribution in [2.75, 3.05) is 19.7 Å². The van der Waals surface area contributed by atoms with Gasteiger partial charge in [0.2, 0.25) is 5.91 Å². The number of rotatable bonds is 3. The third-order valence-corrected chi connectivity index (χ3v) is 4.13. The molecular formula is C17H20F3N3O5. The number of pyridine rings is 1. The number of hydroxylamine groups is 2. The zero-order valence-corrected chi connectivity index (χ0v) is 14.9. The Balaban J connectivity index is 0.000000345. The maximum absolute atomic E-state index is 12.4. The summed E-state index contributed by atoms with van der Waals surface area (Å²) in [5.41, 5.74) is 0.841. The number of halogens is 3. The van der Waals surface area contributed by atoms with E-state index in [9.17, 15) is 22.8 Å². The van der Waals surface area contributed by atoms with Crippen molar-refractivity contribution in [1.29, 1.82) is 0 Å². The third kappa shape index (κ3) is 6.19. The zero-order valence-electron chi connectivity index (χ0n) is 14.9. The monoisotopic (exact) mass is 403 g/mol. The number of hydrogen-bond donors (Lipinski definition) is 1. The lowest BCUT2D eigenvalue weighted by Crippen LogP contribution is -2.40. The molecule has 11 heteroatoms. The molecule has 2 saturated heterocycles. The van der Waals surface area contributed by atoms with Gasteiger partial charge >= 0.3 is 12.1 Å². The first-order chi connectivity index (χ1) is 13.2. The van der Waals surface area contributed by atoms with E-state index in [1.54, 1.807) is 11.1 Å². The summed E-state index contributed by atoms with van der Waals surface area (Å²) in [5, 5.41) is 8.56. The molecule has 2 aliphatic heterocycles. The summed E-state index contributed by atoms with van der Waals surface area (Å²) < 4.78 is 31.7. The van der Waals surface area contributed by atoms with Crippen LogP contribution in [0.1, 0.15) is 25.0 Å². The molecular weight excluding hydrogens is 383 g/mol. The minimum atomic E-state index is -5.08. The summed E-state index contributed by atoms with van der Waals surface area (Å²) in [4.78, 5) is 44.6. The van der Waals surface area contributed by atoms with Crippen LogP contribution in [-0.2, 0) is 25.8 Å². The van der Waals surface area contributed by atoms with Gasteiger partial charge in [0, 0.05) is 25.7 Å². The summed E-state index contributed by atoms with van der Waals surface area (Å²) in [6, 6.07) is 5.62. The fraction of sp³-hybridized carbons (Fsp3) is 0.529. The van der Waals surface area contributed by atoms with Crippen molar-refractivity contribution in [3.8, 4) is 0 Å². The fourth-order valence-corrected chi connectivity index (χ4v) is 2.75. The molecule has 8 nitrogen and oxygen atoms in total. The maximum Gasteiger partial charge on any atom is 0.490 e. The number of carbonyl (C=O) groups excluding carboxylic acids is 2. The van der Waals surface area contributed by atoms with Gasteiger partial charge in [0.15, 0.2) is 0 Å². The van der Waals surface area contributed by atoms with Crippen LogP contribution in [0.25, 0.3) is 0 Å². The molecule has 0 spiro atoms. The van der Waals surface area contributed by atoms with E-state index in [-0.39, 0.29) is 24.2 Å². The number of carbonyl (C=O) groups is 3. The van der Waals surface area contributed by atoms with Crippen molar-refractivity contribution in [2.24, 2.45) is 5.92 Å². The summed E-state index contributed by atoms with van der Waals surface area (Å²) in [6.45, 7) is 2.13. The van der Waals surface area contributed by atoms with Crippen LogP contribution in [0, 0.1) is 5.92 Å². The van der Waals surface area contributed by atoms with Crippen LogP contribution in [0.15, 0.2) is 24.4 Å². The first-order valence-electron chi connectivity index (χ1n) is 8.60. The first-order valence-corrected chi connectivity index (χ1v) is 8.60. The van der Waals surface area contributed by atoms with Crippen LogP contribution in [0.5, 0.6) is 0 Å². The second kappa shape index (κ2) is 9.49. The van der Waals surface area contributed by atoms with Crippen LogP contribution >= 0.6 is 0 Å². The lowest BCUT2D eigenvalue weighted by atomic mass is 10.1. The molecule has 3 heterocycles. The first kappa shape index (κ1) is 21.6. The van der Waals surface area contributed by atoms with Gasteiger partial charge in [0.1, 0.15) is 0 Å². The van der Waals surface area contributed by atoms with E-state index in [4.69, 9.17) is 14.7 Å². The number of hydrogen-bond acceptors (Lipinski definition) is 5. The molecule has 0 bridgehead atoms. The summed E-state index contributed by atoms with van der Waals surface area (Å²) in [5.74, 6) is -3.10. The van der Waals surface area contributed by atoms with E-state index in [1.807, 2.05) is 18.2 Å². The van der Waals surface area contributed by atoms with Crippen LogP contribution < -0.4 is 0 Å². The fourth-order valence-electron chi connectivity index (χ4n) is 2.75. The average Bonchev–Trinajstić information content (AvgIpc) is 3.03. The molecule has 0 saturated carbocycles. The molecule has 1 N–H and O–H groups in total. The molecule has 2 fully saturated rings. The molecule has 154 valence electrons. The van der Waals surface area contributed by atoms with Crippen molar-refractivity contribution in [1.82, 2.24) is 14.9 Å². The Morgan fingerprint density at radius 2 is 2.00 bits per heavy atom. The van der Waals surface area contributed by atoms with Gasteiger partial charge < -0.3 is 10.0 Å². The molecule has 0 radical (unpaired) electrons. The molecule has 2 aliphatic rings. The number of carboxylic acids is 1. The van der Waals surface area contributed by atoms with E-state index in [1.165, 1.54) is 5.06 Å². The highest BCUT2D eigenvalue weighted by atomic mass is 19.4. The predicted octanol–water partition coefficient (Wildman–Crippen LogP) is 1.62. The largest absolute Gasteiger partial charge is 0.490 e. The number of likely N-dealkylation sites (tertiary alicyclic amines) is 1. The lowest BCUT2D eigenvalue weighted by molar-refractivity contribution is -0.200. The molecule has 3 rings (SSSR count). The van der Waals surface area contributed by atoms with E-state index < -0.39 is 12.1 Å². The van der Waals surface area contributed by atoms with Crippen LogP contribution in [-0.4, -0.2) is 63.7 Å². The standard InChI is InChI=1S/C15H19N3O3.C2HF3O2/c19-14-9-12(15(20)18-7-3-4-8-21-18)10-17(14)11-13-5-1-2-6-16-13;3-2(4,5)1(6)7/h1-2,5-6,12H,3-4,7-11H2;(H,6,7). The lowest BCUT2D eigenvalue weighted by Gasteiger charge is -2.28. The number of alkyl halides is 3. The molecule has 0 aliphatic carbocycles. The number of nitrogens with zero attached hydrogens (tertiary/aromatic N) is 3. The molecule has 1 atom stereocenters. The van der Waals surface area contributed by atoms with Gasteiger partial charge in [-0.3, -0.25) is 19.4 Å². The second-order valence-corrected chi connectivity index (χ2v) is 6.28. The molecule has 28 heavy (non-hydrogen) atoms. The van der Waals surface area contributed by atoms with Crippen LogP contribution in [0.3, 0.4) is 0 Å². The van der Waals surface area contributed by atoms with Gasteiger partial charge in [0.25, 0.3) is 5.91 Å². The molecule has 1 aromatic rings.